The van der Waals surface area contributed by atoms with Gasteiger partial charge in [0.15, 0.2) is 0 Å². The first-order valence-corrected chi connectivity index (χ1v) is 7.43. The maximum absolute atomic E-state index is 10.8. The zero-order valence-electron chi connectivity index (χ0n) is 11.4. The molecule has 0 atom stereocenters. The molecule has 1 aromatic carbocycles. The van der Waals surface area contributed by atoms with E-state index in [4.69, 9.17) is 21.4 Å². The quantitative estimate of drug-likeness (QED) is 0.784. The van der Waals surface area contributed by atoms with Gasteiger partial charge >= 0.3 is 5.97 Å². The number of nitrogens with one attached hydrogen (secondary N) is 1. The minimum absolute atomic E-state index is 0.121. The highest BCUT2D eigenvalue weighted by atomic mass is 35.5. The number of hydrogen-bond donors (Lipinski definition) is 2. The fourth-order valence-electron chi connectivity index (χ4n) is 2.45. The molecular formula is C15H20ClNO3. The minimum atomic E-state index is -1.01. The van der Waals surface area contributed by atoms with Gasteiger partial charge in [-0.2, -0.15) is 0 Å². The summed E-state index contributed by atoms with van der Waals surface area (Å²) in [6.45, 7) is 1.35. The SMILES string of the molecule is O=C(O)c1ccc(NCCOC2CCCCC2)cc1Cl. The molecule has 0 heterocycles. The standard InChI is InChI=1S/C15H20ClNO3/c16-14-10-11(6-7-13(14)15(18)19)17-8-9-20-12-4-2-1-3-5-12/h6-7,10,12,17H,1-5,8-9H2,(H,18,19). The highest BCUT2D eigenvalue weighted by Gasteiger charge is 2.13. The van der Waals surface area contributed by atoms with Gasteiger partial charge in [-0.3, -0.25) is 0 Å². The molecule has 0 amide bonds. The Balaban J connectivity index is 1.73. The fraction of sp³-hybridized carbons (Fsp3) is 0.533. The van der Waals surface area contributed by atoms with Gasteiger partial charge in [0, 0.05) is 12.2 Å². The molecule has 4 nitrogen and oxygen atoms in total. The Labute approximate surface area is 124 Å². The lowest BCUT2D eigenvalue weighted by Crippen LogP contribution is -2.20. The zero-order valence-corrected chi connectivity index (χ0v) is 12.2. The zero-order chi connectivity index (χ0) is 14.4. The van der Waals surface area contributed by atoms with Crippen LogP contribution in [0.1, 0.15) is 42.5 Å². The van der Waals surface area contributed by atoms with Crippen LogP contribution in [0.25, 0.3) is 0 Å². The summed E-state index contributed by atoms with van der Waals surface area (Å²) in [4.78, 5) is 10.8. The molecule has 1 fully saturated rings. The molecule has 0 spiro atoms. The summed E-state index contributed by atoms with van der Waals surface area (Å²) in [6.07, 6.45) is 6.60. The topological polar surface area (TPSA) is 58.6 Å². The van der Waals surface area contributed by atoms with Gasteiger partial charge < -0.3 is 15.2 Å². The van der Waals surface area contributed by atoms with Crippen LogP contribution in [-0.2, 0) is 4.74 Å². The van der Waals surface area contributed by atoms with Crippen LogP contribution in [0.15, 0.2) is 18.2 Å². The van der Waals surface area contributed by atoms with E-state index < -0.39 is 5.97 Å². The number of rotatable bonds is 6. The first kappa shape index (κ1) is 15.1. The van der Waals surface area contributed by atoms with Crippen molar-refractivity contribution in [3.8, 4) is 0 Å². The Hall–Kier alpha value is -1.26. The third-order valence-electron chi connectivity index (χ3n) is 3.54. The molecule has 0 unspecified atom stereocenters. The van der Waals surface area contributed by atoms with E-state index in [9.17, 15) is 4.79 Å². The molecule has 0 aromatic heterocycles. The number of carboxylic acids is 1. The van der Waals surface area contributed by atoms with E-state index in [0.717, 1.165) is 5.69 Å². The summed E-state index contributed by atoms with van der Waals surface area (Å²) >= 11 is 5.91. The molecule has 1 aromatic rings. The predicted molar refractivity (Wildman–Crippen MR) is 79.7 cm³/mol. The smallest absolute Gasteiger partial charge is 0.337 e. The monoisotopic (exact) mass is 297 g/mol. The van der Waals surface area contributed by atoms with Gasteiger partial charge in [-0.25, -0.2) is 4.79 Å². The summed E-state index contributed by atoms with van der Waals surface area (Å²) in [5, 5.41) is 12.3. The van der Waals surface area contributed by atoms with E-state index in [2.05, 4.69) is 5.32 Å². The van der Waals surface area contributed by atoms with Gasteiger partial charge in [-0.05, 0) is 31.0 Å². The van der Waals surface area contributed by atoms with Crippen LogP contribution in [0.4, 0.5) is 5.69 Å². The molecule has 20 heavy (non-hydrogen) atoms. The lowest BCUT2D eigenvalue weighted by molar-refractivity contribution is 0.0347. The predicted octanol–water partition coefficient (Wildman–Crippen LogP) is 3.80. The fourth-order valence-corrected chi connectivity index (χ4v) is 2.71. The van der Waals surface area contributed by atoms with E-state index in [1.54, 1.807) is 12.1 Å². The molecule has 1 saturated carbocycles. The van der Waals surface area contributed by atoms with E-state index in [1.807, 2.05) is 0 Å². The van der Waals surface area contributed by atoms with Gasteiger partial charge in [-0.15, -0.1) is 0 Å². The first-order valence-electron chi connectivity index (χ1n) is 7.05. The number of carboxylic acid groups (broad SMARTS) is 1. The van der Waals surface area contributed by atoms with Crippen molar-refractivity contribution in [3.05, 3.63) is 28.8 Å². The average Bonchev–Trinajstić information content (AvgIpc) is 2.44. The Bertz CT molecular complexity index is 458. The Morgan fingerprint density at radius 3 is 2.75 bits per heavy atom. The molecule has 0 aliphatic heterocycles. The van der Waals surface area contributed by atoms with Crippen molar-refractivity contribution in [2.45, 2.75) is 38.2 Å². The van der Waals surface area contributed by atoms with Crippen LogP contribution in [0.2, 0.25) is 5.02 Å². The summed E-state index contributed by atoms with van der Waals surface area (Å²) in [5.74, 6) is -1.01. The van der Waals surface area contributed by atoms with Crippen LogP contribution in [0, 0.1) is 0 Å². The normalized spacial score (nSPS) is 16.1. The molecule has 1 aliphatic rings. The number of aromatic carboxylic acids is 1. The van der Waals surface area contributed by atoms with Crippen molar-refractivity contribution >= 4 is 23.3 Å². The summed E-state index contributed by atoms with van der Waals surface area (Å²) in [7, 11) is 0. The van der Waals surface area contributed by atoms with Crippen LogP contribution in [0.3, 0.4) is 0 Å². The maximum atomic E-state index is 10.8. The van der Waals surface area contributed by atoms with Crippen molar-refractivity contribution in [1.82, 2.24) is 0 Å². The summed E-state index contributed by atoms with van der Waals surface area (Å²) < 4.78 is 5.81. The lowest BCUT2D eigenvalue weighted by atomic mass is 9.98. The average molecular weight is 298 g/mol. The third-order valence-corrected chi connectivity index (χ3v) is 3.85. The molecular weight excluding hydrogens is 278 g/mol. The van der Waals surface area contributed by atoms with E-state index in [0.29, 0.717) is 19.3 Å². The number of carbonyl (C=O) groups is 1. The number of ether oxygens (including phenoxy) is 1. The minimum Gasteiger partial charge on any atom is -0.478 e. The van der Waals surface area contributed by atoms with Gasteiger partial charge in [-0.1, -0.05) is 30.9 Å². The van der Waals surface area contributed by atoms with Crippen LogP contribution >= 0.6 is 11.6 Å². The maximum Gasteiger partial charge on any atom is 0.337 e. The molecule has 0 saturated heterocycles. The van der Waals surface area contributed by atoms with Crippen LogP contribution < -0.4 is 5.32 Å². The van der Waals surface area contributed by atoms with Crippen LogP contribution in [-0.4, -0.2) is 30.3 Å². The third kappa shape index (κ3) is 4.39. The largest absolute Gasteiger partial charge is 0.478 e. The highest BCUT2D eigenvalue weighted by Crippen LogP contribution is 2.22. The molecule has 110 valence electrons. The van der Waals surface area contributed by atoms with Crippen molar-refractivity contribution in [3.63, 3.8) is 0 Å². The molecule has 0 radical (unpaired) electrons. The lowest BCUT2D eigenvalue weighted by Gasteiger charge is -2.22. The highest BCUT2D eigenvalue weighted by molar-refractivity contribution is 6.33. The number of anilines is 1. The van der Waals surface area contributed by atoms with E-state index in [-0.39, 0.29) is 10.6 Å². The van der Waals surface area contributed by atoms with E-state index >= 15 is 0 Å². The van der Waals surface area contributed by atoms with Crippen molar-refractivity contribution < 1.29 is 14.6 Å². The summed E-state index contributed by atoms with van der Waals surface area (Å²) in [6, 6.07) is 4.86. The van der Waals surface area contributed by atoms with Crippen molar-refractivity contribution in [1.29, 1.82) is 0 Å². The van der Waals surface area contributed by atoms with Gasteiger partial charge in [0.25, 0.3) is 0 Å². The number of benzene rings is 1. The van der Waals surface area contributed by atoms with Crippen LogP contribution in [0.5, 0.6) is 0 Å². The van der Waals surface area contributed by atoms with Crippen molar-refractivity contribution in [2.24, 2.45) is 0 Å². The van der Waals surface area contributed by atoms with Gasteiger partial charge in [0.2, 0.25) is 0 Å². The molecule has 5 heteroatoms. The molecule has 2 N–H and O–H groups in total. The Morgan fingerprint density at radius 1 is 1.35 bits per heavy atom. The summed E-state index contributed by atoms with van der Waals surface area (Å²) in [5.41, 5.74) is 0.933. The Kier molecular flexibility index (Phi) is 5.68. The molecule has 2 rings (SSSR count). The number of halogens is 1. The van der Waals surface area contributed by atoms with Gasteiger partial charge in [0.1, 0.15) is 0 Å². The molecule has 1 aliphatic carbocycles. The number of hydrogen-bond acceptors (Lipinski definition) is 3. The second-order valence-electron chi connectivity index (χ2n) is 5.06. The Morgan fingerprint density at radius 2 is 2.10 bits per heavy atom. The first-order chi connectivity index (χ1) is 9.66. The molecule has 0 bridgehead atoms. The second-order valence-corrected chi connectivity index (χ2v) is 5.46. The van der Waals surface area contributed by atoms with Crippen molar-refractivity contribution in [2.75, 3.05) is 18.5 Å². The van der Waals surface area contributed by atoms with E-state index in [1.165, 1.54) is 38.2 Å². The second kappa shape index (κ2) is 7.50. The van der Waals surface area contributed by atoms with Gasteiger partial charge in [0.05, 0.1) is 23.3 Å².